The molecule has 0 unspecified atom stereocenters. The zero-order chi connectivity index (χ0) is 24.4. The van der Waals surface area contributed by atoms with Gasteiger partial charge in [0.05, 0.1) is 35.0 Å². The predicted octanol–water partition coefficient (Wildman–Crippen LogP) is 5.45. The zero-order valence-corrected chi connectivity index (χ0v) is 20.0. The second-order valence-electron chi connectivity index (χ2n) is 8.08. The van der Waals surface area contributed by atoms with Crippen molar-refractivity contribution >= 4 is 23.2 Å². The Labute approximate surface area is 205 Å². The number of nitro benzene ring substituents is 1. The van der Waals surface area contributed by atoms with Gasteiger partial charge in [-0.05, 0) is 42.7 Å². The SMILES string of the molecule is Cc1ccc(-c2csc(=NCc3ccccc3)n2N=Cc2cc3c(cc2[N+](=O)[O-])OCO3)cc1C. The van der Waals surface area contributed by atoms with Gasteiger partial charge in [-0.1, -0.05) is 42.5 Å². The topological polar surface area (TPSA) is 91.2 Å². The summed E-state index contributed by atoms with van der Waals surface area (Å²) in [6.45, 7) is 4.66. The van der Waals surface area contributed by atoms with Crippen LogP contribution in [0.15, 0.2) is 76.1 Å². The normalized spacial score (nSPS) is 13.0. The first kappa shape index (κ1) is 22.5. The van der Waals surface area contributed by atoms with Crippen LogP contribution in [0.1, 0.15) is 22.3 Å². The fourth-order valence-electron chi connectivity index (χ4n) is 3.69. The number of rotatable bonds is 6. The summed E-state index contributed by atoms with van der Waals surface area (Å²) in [6, 6.07) is 19.1. The summed E-state index contributed by atoms with van der Waals surface area (Å²) < 4.78 is 12.4. The van der Waals surface area contributed by atoms with Gasteiger partial charge < -0.3 is 9.47 Å². The molecule has 1 aliphatic rings. The highest BCUT2D eigenvalue weighted by molar-refractivity contribution is 7.07. The molecule has 0 atom stereocenters. The van der Waals surface area contributed by atoms with E-state index in [0.29, 0.717) is 28.4 Å². The Hall–Kier alpha value is -4.24. The molecule has 176 valence electrons. The first-order valence-electron chi connectivity index (χ1n) is 10.9. The maximum absolute atomic E-state index is 11.7. The Morgan fingerprint density at radius 1 is 1.06 bits per heavy atom. The summed E-state index contributed by atoms with van der Waals surface area (Å²) >= 11 is 1.47. The molecular formula is C26H22N4O4S. The van der Waals surface area contributed by atoms with Crippen molar-refractivity contribution in [2.75, 3.05) is 6.79 Å². The summed E-state index contributed by atoms with van der Waals surface area (Å²) in [6.07, 6.45) is 1.47. The largest absolute Gasteiger partial charge is 0.454 e. The van der Waals surface area contributed by atoms with Gasteiger partial charge in [0.25, 0.3) is 5.69 Å². The molecule has 0 spiro atoms. The number of hydrogen-bond donors (Lipinski definition) is 0. The van der Waals surface area contributed by atoms with Crippen molar-refractivity contribution in [3.63, 3.8) is 0 Å². The average molecular weight is 487 g/mol. The lowest BCUT2D eigenvalue weighted by Gasteiger charge is -2.07. The van der Waals surface area contributed by atoms with Crippen molar-refractivity contribution in [2.45, 2.75) is 20.4 Å². The lowest BCUT2D eigenvalue weighted by Crippen LogP contribution is -2.12. The molecule has 2 heterocycles. The Balaban J connectivity index is 1.61. The number of benzene rings is 3. The molecule has 0 amide bonds. The van der Waals surface area contributed by atoms with E-state index in [1.807, 2.05) is 41.8 Å². The zero-order valence-electron chi connectivity index (χ0n) is 19.2. The van der Waals surface area contributed by atoms with Gasteiger partial charge >= 0.3 is 0 Å². The van der Waals surface area contributed by atoms with Crippen molar-refractivity contribution < 1.29 is 14.4 Å². The molecule has 8 nitrogen and oxygen atoms in total. The van der Waals surface area contributed by atoms with Crippen LogP contribution in [0.3, 0.4) is 0 Å². The van der Waals surface area contributed by atoms with Crippen LogP contribution in [0.2, 0.25) is 0 Å². The molecule has 9 heteroatoms. The number of nitrogens with zero attached hydrogens (tertiary/aromatic N) is 4. The third kappa shape index (κ3) is 4.71. The second kappa shape index (κ2) is 9.55. The minimum atomic E-state index is -0.452. The van der Waals surface area contributed by atoms with Crippen molar-refractivity contribution in [3.05, 3.63) is 103 Å². The van der Waals surface area contributed by atoms with E-state index >= 15 is 0 Å². The van der Waals surface area contributed by atoms with Crippen LogP contribution in [-0.4, -0.2) is 22.6 Å². The van der Waals surface area contributed by atoms with E-state index in [1.54, 1.807) is 10.7 Å². The molecule has 0 N–H and O–H groups in total. The van der Waals surface area contributed by atoms with Crippen LogP contribution < -0.4 is 14.3 Å². The van der Waals surface area contributed by atoms with Gasteiger partial charge in [-0.15, -0.1) is 11.3 Å². The molecule has 1 aromatic heterocycles. The molecule has 0 bridgehead atoms. The Morgan fingerprint density at radius 3 is 2.57 bits per heavy atom. The van der Waals surface area contributed by atoms with Crippen LogP contribution in [0.25, 0.3) is 11.3 Å². The van der Waals surface area contributed by atoms with E-state index in [9.17, 15) is 10.1 Å². The van der Waals surface area contributed by atoms with Crippen LogP contribution in [0.4, 0.5) is 5.69 Å². The molecule has 3 aromatic carbocycles. The average Bonchev–Trinajstić information content (AvgIpc) is 3.49. The van der Waals surface area contributed by atoms with Gasteiger partial charge in [-0.2, -0.15) is 5.10 Å². The molecule has 0 saturated heterocycles. The third-order valence-electron chi connectivity index (χ3n) is 5.76. The minimum Gasteiger partial charge on any atom is -0.454 e. The van der Waals surface area contributed by atoms with Crippen molar-refractivity contribution in [1.29, 1.82) is 0 Å². The van der Waals surface area contributed by atoms with E-state index in [4.69, 9.17) is 14.5 Å². The van der Waals surface area contributed by atoms with Gasteiger partial charge in [0, 0.05) is 10.9 Å². The van der Waals surface area contributed by atoms with E-state index in [-0.39, 0.29) is 12.5 Å². The van der Waals surface area contributed by atoms with Gasteiger partial charge in [0.1, 0.15) is 0 Å². The number of hydrogen-bond acceptors (Lipinski definition) is 7. The predicted molar refractivity (Wildman–Crippen MR) is 135 cm³/mol. The second-order valence-corrected chi connectivity index (χ2v) is 8.92. The number of aryl methyl sites for hydroxylation is 2. The highest BCUT2D eigenvalue weighted by atomic mass is 32.1. The summed E-state index contributed by atoms with van der Waals surface area (Å²) in [7, 11) is 0. The van der Waals surface area contributed by atoms with Crippen molar-refractivity contribution in [1.82, 2.24) is 4.68 Å². The number of thiazole rings is 1. The van der Waals surface area contributed by atoms with Gasteiger partial charge in [0.2, 0.25) is 11.6 Å². The van der Waals surface area contributed by atoms with Crippen molar-refractivity contribution in [2.24, 2.45) is 10.1 Å². The smallest absolute Gasteiger partial charge is 0.282 e. The lowest BCUT2D eigenvalue weighted by atomic mass is 10.1. The van der Waals surface area contributed by atoms with E-state index in [0.717, 1.165) is 16.8 Å². The lowest BCUT2D eigenvalue weighted by molar-refractivity contribution is -0.385. The number of aromatic nitrogens is 1. The Kier molecular flexibility index (Phi) is 6.15. The van der Waals surface area contributed by atoms with Gasteiger partial charge in [-0.3, -0.25) is 15.1 Å². The third-order valence-corrected chi connectivity index (χ3v) is 6.61. The molecule has 0 aliphatic carbocycles. The van der Waals surface area contributed by atoms with Gasteiger partial charge in [0.15, 0.2) is 11.5 Å². The Morgan fingerprint density at radius 2 is 1.83 bits per heavy atom. The van der Waals surface area contributed by atoms with Crippen molar-refractivity contribution in [3.8, 4) is 22.8 Å². The molecular weight excluding hydrogens is 464 g/mol. The molecule has 5 rings (SSSR count). The van der Waals surface area contributed by atoms with Crippen LogP contribution in [0, 0.1) is 24.0 Å². The molecule has 1 aliphatic heterocycles. The molecule has 0 saturated carbocycles. The monoisotopic (exact) mass is 486 g/mol. The fraction of sp³-hybridized carbons (Fsp3) is 0.154. The molecule has 35 heavy (non-hydrogen) atoms. The highest BCUT2D eigenvalue weighted by Crippen LogP contribution is 2.37. The quantitative estimate of drug-likeness (QED) is 0.206. The van der Waals surface area contributed by atoms with E-state index in [2.05, 4.69) is 31.1 Å². The van der Waals surface area contributed by atoms with Crippen LogP contribution >= 0.6 is 11.3 Å². The minimum absolute atomic E-state index is 0.0335. The number of nitro groups is 1. The molecule has 4 aromatic rings. The van der Waals surface area contributed by atoms with E-state index in [1.165, 1.54) is 34.7 Å². The Bertz CT molecular complexity index is 1510. The summed E-state index contributed by atoms with van der Waals surface area (Å²) in [4.78, 5) is 16.7. The number of ether oxygens (including phenoxy) is 2. The standard InChI is InChI=1S/C26H22N4O4S/c1-17-8-9-20(10-18(17)2)23-15-35-26(27-13-19-6-4-3-5-7-19)29(23)28-14-21-11-24-25(34-16-33-24)12-22(21)30(31)32/h3-12,14-15H,13,16H2,1-2H3. The summed E-state index contributed by atoms with van der Waals surface area (Å²) in [5.41, 5.74) is 5.49. The first-order valence-corrected chi connectivity index (χ1v) is 11.8. The van der Waals surface area contributed by atoms with Gasteiger partial charge in [-0.25, -0.2) is 4.68 Å². The van der Waals surface area contributed by atoms with Crippen LogP contribution in [-0.2, 0) is 6.54 Å². The van der Waals surface area contributed by atoms with E-state index < -0.39 is 4.92 Å². The fourth-order valence-corrected chi connectivity index (χ4v) is 4.53. The number of fused-ring (bicyclic) bond motifs is 1. The molecule has 0 fully saturated rings. The maximum Gasteiger partial charge on any atom is 0.282 e. The molecule has 0 radical (unpaired) electrons. The maximum atomic E-state index is 11.7. The first-order chi connectivity index (χ1) is 17.0. The highest BCUT2D eigenvalue weighted by Gasteiger charge is 2.22. The summed E-state index contributed by atoms with van der Waals surface area (Å²) in [5.74, 6) is 0.808. The summed E-state index contributed by atoms with van der Waals surface area (Å²) in [5, 5.41) is 18.3. The van der Waals surface area contributed by atoms with Crippen LogP contribution in [0.5, 0.6) is 11.5 Å².